The molecule has 218 valence electrons. The highest BCUT2D eigenvalue weighted by atomic mass is 16.5. The van der Waals surface area contributed by atoms with E-state index in [4.69, 9.17) is 4.74 Å². The molecule has 0 aliphatic carbocycles. The summed E-state index contributed by atoms with van der Waals surface area (Å²) in [4.78, 5) is 21.3. The van der Waals surface area contributed by atoms with Crippen LogP contribution in [0.5, 0.6) is 5.75 Å². The van der Waals surface area contributed by atoms with Gasteiger partial charge in [-0.3, -0.25) is 14.6 Å². The highest BCUT2D eigenvalue weighted by molar-refractivity contribution is 5.86. The molecule has 3 N–H and O–H groups in total. The summed E-state index contributed by atoms with van der Waals surface area (Å²) in [6.45, 7) is 7.42. The second kappa shape index (κ2) is 11.9. The first-order valence-corrected chi connectivity index (χ1v) is 15.1. The molecule has 0 bridgehead atoms. The average molecular weight is 559 g/mol. The average Bonchev–Trinajstić information content (AvgIpc) is 3.74. The smallest absolute Gasteiger partial charge is 0.323 e. The van der Waals surface area contributed by atoms with Crippen molar-refractivity contribution in [2.75, 3.05) is 32.8 Å². The van der Waals surface area contributed by atoms with Crippen LogP contribution in [-0.2, 0) is 22.4 Å². The van der Waals surface area contributed by atoms with Crippen LogP contribution < -0.4 is 0 Å². The molecule has 41 heavy (non-hydrogen) atoms. The van der Waals surface area contributed by atoms with Gasteiger partial charge in [0.25, 0.3) is 0 Å². The van der Waals surface area contributed by atoms with Gasteiger partial charge in [0, 0.05) is 65.9 Å². The molecular formula is C33H42N4O4. The predicted molar refractivity (Wildman–Crippen MR) is 161 cm³/mol. The third-order valence-electron chi connectivity index (χ3n) is 9.02. The van der Waals surface area contributed by atoms with E-state index in [1.54, 1.807) is 6.07 Å². The van der Waals surface area contributed by atoms with Crippen molar-refractivity contribution in [2.45, 2.75) is 70.2 Å². The first-order valence-electron chi connectivity index (χ1n) is 15.1. The van der Waals surface area contributed by atoms with E-state index >= 15 is 0 Å². The summed E-state index contributed by atoms with van der Waals surface area (Å²) in [5.74, 6) is 0.107. The summed E-state index contributed by atoms with van der Waals surface area (Å²) in [7, 11) is 0. The van der Waals surface area contributed by atoms with Gasteiger partial charge < -0.3 is 24.5 Å². The Labute approximate surface area is 241 Å². The highest BCUT2D eigenvalue weighted by Gasteiger charge is 2.39. The van der Waals surface area contributed by atoms with Crippen molar-refractivity contribution in [3.8, 4) is 5.75 Å². The van der Waals surface area contributed by atoms with Crippen molar-refractivity contribution < 1.29 is 19.7 Å². The number of phenolic OH excluding ortho intramolecular Hbond substituents is 1. The van der Waals surface area contributed by atoms with E-state index < -0.39 is 0 Å². The fourth-order valence-corrected chi connectivity index (χ4v) is 6.96. The number of fused-ring (bicyclic) bond motifs is 2. The minimum atomic E-state index is -0.305. The van der Waals surface area contributed by atoms with Crippen LogP contribution in [0.2, 0.25) is 0 Å². The predicted octanol–water partition coefficient (Wildman–Crippen LogP) is 4.64. The Hall–Kier alpha value is -3.33. The Bertz CT molecular complexity index is 1510. The van der Waals surface area contributed by atoms with E-state index in [1.165, 1.54) is 16.5 Å². The Morgan fingerprint density at radius 2 is 1.88 bits per heavy atom. The summed E-state index contributed by atoms with van der Waals surface area (Å²) in [5.41, 5.74) is 4.66. The molecular weight excluding hydrogens is 516 g/mol. The molecule has 3 atom stereocenters. The monoisotopic (exact) mass is 558 g/mol. The molecule has 2 aliphatic rings. The molecule has 6 rings (SSSR count). The number of nitrogens with one attached hydrogen (secondary N) is 1. The number of hydrogen-bond donors (Lipinski definition) is 3. The number of phenols is 1. The zero-order valence-corrected chi connectivity index (χ0v) is 24.1. The van der Waals surface area contributed by atoms with E-state index in [2.05, 4.69) is 49.9 Å². The number of nitrogens with zero attached hydrogens (tertiary/aromatic N) is 3. The number of carbonyl (C=O) groups excluding carboxylic acids is 1. The lowest BCUT2D eigenvalue weighted by atomic mass is 10.1. The molecule has 2 fully saturated rings. The molecule has 0 amide bonds. The molecule has 2 saturated heterocycles. The van der Waals surface area contributed by atoms with Gasteiger partial charge in [-0.25, -0.2) is 0 Å². The normalized spacial score (nSPS) is 22.0. The van der Waals surface area contributed by atoms with Gasteiger partial charge in [-0.05, 0) is 87.9 Å². The van der Waals surface area contributed by atoms with E-state index in [0.717, 1.165) is 68.3 Å². The molecule has 0 saturated carbocycles. The summed E-state index contributed by atoms with van der Waals surface area (Å²) >= 11 is 0. The fourth-order valence-electron chi connectivity index (χ4n) is 6.96. The number of benzene rings is 2. The molecule has 0 spiro atoms. The summed E-state index contributed by atoms with van der Waals surface area (Å²) < 4.78 is 8.04. The summed E-state index contributed by atoms with van der Waals surface area (Å²) in [6.07, 6.45) is 8.69. The number of esters is 1. The lowest BCUT2D eigenvalue weighted by Gasteiger charge is -2.23. The Kier molecular flexibility index (Phi) is 8.06. The van der Waals surface area contributed by atoms with Gasteiger partial charge in [-0.2, -0.15) is 0 Å². The highest BCUT2D eigenvalue weighted by Crippen LogP contribution is 2.35. The van der Waals surface area contributed by atoms with Crippen LogP contribution in [0.4, 0.5) is 0 Å². The Morgan fingerprint density at radius 3 is 2.71 bits per heavy atom. The minimum absolute atomic E-state index is 0.112. The number of aromatic hydroxyl groups is 1. The van der Waals surface area contributed by atoms with Crippen molar-refractivity contribution in [1.82, 2.24) is 19.4 Å². The van der Waals surface area contributed by atoms with Crippen LogP contribution in [0.1, 0.15) is 50.3 Å². The fraction of sp³-hybridized carbons (Fsp3) is 0.485. The van der Waals surface area contributed by atoms with Crippen LogP contribution in [0.15, 0.2) is 54.9 Å². The van der Waals surface area contributed by atoms with Crippen LogP contribution in [0.25, 0.3) is 21.8 Å². The number of aliphatic hydroxyl groups is 1. The van der Waals surface area contributed by atoms with Crippen LogP contribution in [0, 0.1) is 0 Å². The third kappa shape index (κ3) is 5.73. The maximum absolute atomic E-state index is 13.3. The largest absolute Gasteiger partial charge is 0.508 e. The van der Waals surface area contributed by atoms with E-state index in [0.29, 0.717) is 6.42 Å². The van der Waals surface area contributed by atoms with Crippen LogP contribution in [-0.4, -0.2) is 86.5 Å². The van der Waals surface area contributed by atoms with Gasteiger partial charge in [0.1, 0.15) is 11.8 Å². The van der Waals surface area contributed by atoms with Crippen molar-refractivity contribution in [3.63, 3.8) is 0 Å². The number of likely N-dealkylation sites (tertiary alicyclic amines) is 2. The number of ether oxygens (including phenoxy) is 1. The standard InChI is InChI=1S/C33H42N4O4/c1-22(2)41-33(40)32-16-26(20-36(32)15-11-23-18-34-30-8-4-3-7-28(23)30)37-19-24(29-17-27(39)9-10-31(29)37)12-14-35-13-5-6-25(35)21-38/h3-4,7-10,17-19,22,25-26,32,34,38-39H,5-6,11-16,20-21H2,1-2H3/t25-,26?,32-/m0/s1. The minimum Gasteiger partial charge on any atom is -0.508 e. The topological polar surface area (TPSA) is 94.0 Å². The van der Waals surface area contributed by atoms with E-state index in [1.807, 2.05) is 32.0 Å². The number of H-pyrrole nitrogens is 1. The molecule has 2 aromatic carbocycles. The maximum atomic E-state index is 13.3. The molecule has 1 unspecified atom stereocenters. The SMILES string of the molecule is CC(C)OC(=O)[C@@H]1CC(n2cc(CCN3CCC[C@H]3CO)c3cc(O)ccc32)CN1CCc1c[nH]c2ccccc12. The molecule has 8 nitrogen and oxygen atoms in total. The molecule has 4 heterocycles. The summed E-state index contributed by atoms with van der Waals surface area (Å²) in [5, 5.41) is 22.4. The second-order valence-electron chi connectivity index (χ2n) is 12.0. The zero-order chi connectivity index (χ0) is 28.5. The number of aromatic nitrogens is 2. The van der Waals surface area contributed by atoms with Crippen molar-refractivity contribution in [1.29, 1.82) is 0 Å². The van der Waals surface area contributed by atoms with Crippen molar-refractivity contribution in [3.05, 3.63) is 66.0 Å². The first kappa shape index (κ1) is 27.8. The van der Waals surface area contributed by atoms with Crippen LogP contribution in [0.3, 0.4) is 0 Å². The van der Waals surface area contributed by atoms with Gasteiger partial charge in [0.2, 0.25) is 0 Å². The number of hydrogen-bond acceptors (Lipinski definition) is 6. The quantitative estimate of drug-likeness (QED) is 0.246. The lowest BCUT2D eigenvalue weighted by Crippen LogP contribution is -2.39. The van der Waals surface area contributed by atoms with E-state index in [-0.39, 0.29) is 42.6 Å². The number of aromatic amines is 1. The first-order chi connectivity index (χ1) is 19.9. The number of carbonyl (C=O) groups is 1. The number of para-hydroxylation sites is 1. The number of aliphatic hydroxyl groups excluding tert-OH is 1. The Balaban J connectivity index is 1.25. The number of rotatable bonds is 10. The maximum Gasteiger partial charge on any atom is 0.323 e. The molecule has 8 heteroatoms. The molecule has 0 radical (unpaired) electrons. The van der Waals surface area contributed by atoms with Gasteiger partial charge >= 0.3 is 5.97 Å². The van der Waals surface area contributed by atoms with Gasteiger partial charge in [-0.15, -0.1) is 0 Å². The lowest BCUT2D eigenvalue weighted by molar-refractivity contribution is -0.152. The third-order valence-corrected chi connectivity index (χ3v) is 9.02. The molecule has 4 aromatic rings. The molecule has 2 aliphatic heterocycles. The molecule has 2 aromatic heterocycles. The van der Waals surface area contributed by atoms with Gasteiger partial charge in [0.05, 0.1) is 12.7 Å². The Morgan fingerprint density at radius 1 is 1.07 bits per heavy atom. The van der Waals surface area contributed by atoms with Crippen LogP contribution >= 0.6 is 0 Å². The van der Waals surface area contributed by atoms with Crippen molar-refractivity contribution in [2.24, 2.45) is 0 Å². The van der Waals surface area contributed by atoms with Gasteiger partial charge in [0.15, 0.2) is 0 Å². The van der Waals surface area contributed by atoms with E-state index in [9.17, 15) is 15.0 Å². The zero-order valence-electron chi connectivity index (χ0n) is 24.1. The van der Waals surface area contributed by atoms with Gasteiger partial charge in [-0.1, -0.05) is 18.2 Å². The van der Waals surface area contributed by atoms with Crippen molar-refractivity contribution >= 4 is 27.8 Å². The second-order valence-corrected chi connectivity index (χ2v) is 12.0. The summed E-state index contributed by atoms with van der Waals surface area (Å²) in [6, 6.07) is 14.0.